The highest BCUT2D eigenvalue weighted by molar-refractivity contribution is 5.88. The maximum absolute atomic E-state index is 12.5. The monoisotopic (exact) mass is 295 g/mol. The minimum Gasteiger partial charge on any atom is -0.481 e. The zero-order valence-electron chi connectivity index (χ0n) is 13.6. The second-order valence-electron chi connectivity index (χ2n) is 6.45. The van der Waals surface area contributed by atoms with Gasteiger partial charge in [-0.25, -0.2) is 0 Å². The van der Waals surface area contributed by atoms with Crippen LogP contribution in [0.1, 0.15) is 65.7 Å². The summed E-state index contributed by atoms with van der Waals surface area (Å²) in [6.07, 6.45) is 9.59. The summed E-state index contributed by atoms with van der Waals surface area (Å²) in [5, 5.41) is 9.14. The molecule has 1 unspecified atom stereocenters. The fourth-order valence-corrected chi connectivity index (χ4v) is 2.87. The van der Waals surface area contributed by atoms with E-state index in [0.29, 0.717) is 6.54 Å². The first kappa shape index (κ1) is 17.7. The molecule has 120 valence electrons. The number of nitrogens with zero attached hydrogens (tertiary/aromatic N) is 1. The van der Waals surface area contributed by atoms with E-state index in [1.54, 1.807) is 17.9 Å². The van der Waals surface area contributed by atoms with Gasteiger partial charge in [0.1, 0.15) is 0 Å². The van der Waals surface area contributed by atoms with E-state index in [2.05, 4.69) is 0 Å². The summed E-state index contributed by atoms with van der Waals surface area (Å²) in [4.78, 5) is 25.4. The Hall–Kier alpha value is -1.32. The summed E-state index contributed by atoms with van der Waals surface area (Å²) in [6, 6.07) is 0.190. The van der Waals surface area contributed by atoms with Crippen molar-refractivity contribution in [3.63, 3.8) is 0 Å². The molecular formula is C17H29NO3. The topological polar surface area (TPSA) is 57.6 Å². The van der Waals surface area contributed by atoms with Crippen molar-refractivity contribution in [2.24, 2.45) is 5.92 Å². The lowest BCUT2D eigenvalue weighted by Crippen LogP contribution is -2.43. The van der Waals surface area contributed by atoms with Gasteiger partial charge in [0.25, 0.3) is 0 Å². The van der Waals surface area contributed by atoms with Gasteiger partial charge in [-0.05, 0) is 26.7 Å². The van der Waals surface area contributed by atoms with Crippen molar-refractivity contribution < 1.29 is 14.7 Å². The number of carbonyl (C=O) groups is 2. The molecule has 21 heavy (non-hydrogen) atoms. The summed E-state index contributed by atoms with van der Waals surface area (Å²) in [5.41, 5.74) is 0.957. The minimum atomic E-state index is -0.837. The van der Waals surface area contributed by atoms with E-state index in [9.17, 15) is 9.59 Å². The second-order valence-corrected chi connectivity index (χ2v) is 6.45. The van der Waals surface area contributed by atoms with Crippen LogP contribution in [0.15, 0.2) is 11.6 Å². The van der Waals surface area contributed by atoms with Gasteiger partial charge >= 0.3 is 5.97 Å². The summed E-state index contributed by atoms with van der Waals surface area (Å²) in [7, 11) is 0. The van der Waals surface area contributed by atoms with E-state index in [1.165, 1.54) is 19.3 Å². The molecule has 1 aliphatic carbocycles. The third kappa shape index (κ3) is 6.32. The van der Waals surface area contributed by atoms with Gasteiger partial charge in [-0.3, -0.25) is 9.59 Å². The van der Waals surface area contributed by atoms with Crippen LogP contribution in [-0.2, 0) is 9.59 Å². The van der Waals surface area contributed by atoms with Crippen molar-refractivity contribution in [1.29, 1.82) is 0 Å². The molecule has 1 rings (SSSR count). The minimum absolute atomic E-state index is 0.0336. The molecule has 1 saturated carbocycles. The number of allylic oxidation sites excluding steroid dienone is 1. The Kier molecular flexibility index (Phi) is 7.48. The molecule has 0 aliphatic heterocycles. The fourth-order valence-electron chi connectivity index (χ4n) is 2.87. The first-order valence-corrected chi connectivity index (χ1v) is 8.10. The van der Waals surface area contributed by atoms with Gasteiger partial charge in [0.05, 0.1) is 5.92 Å². The standard InChI is InChI=1S/C17H29NO3/c1-13(2)11-16(19)18(12-14(3)17(20)21)15-9-7-5-4-6-8-10-15/h11,14-15H,4-10,12H2,1-3H3,(H,20,21). The van der Waals surface area contributed by atoms with E-state index in [0.717, 1.165) is 31.3 Å². The van der Waals surface area contributed by atoms with Crippen LogP contribution < -0.4 is 0 Å². The van der Waals surface area contributed by atoms with E-state index in [-0.39, 0.29) is 11.9 Å². The SMILES string of the molecule is CC(C)=CC(=O)N(CC(C)C(=O)O)C1CCCCCCC1. The van der Waals surface area contributed by atoms with Crippen molar-refractivity contribution in [2.45, 2.75) is 71.8 Å². The third-order valence-electron chi connectivity index (χ3n) is 4.10. The highest BCUT2D eigenvalue weighted by Crippen LogP contribution is 2.23. The molecule has 0 radical (unpaired) electrons. The van der Waals surface area contributed by atoms with Crippen LogP contribution in [0.4, 0.5) is 0 Å². The lowest BCUT2D eigenvalue weighted by Gasteiger charge is -2.33. The van der Waals surface area contributed by atoms with Crippen LogP contribution >= 0.6 is 0 Å². The van der Waals surface area contributed by atoms with Crippen LogP contribution in [0.25, 0.3) is 0 Å². The Balaban J connectivity index is 2.84. The Morgan fingerprint density at radius 3 is 2.14 bits per heavy atom. The molecule has 1 fully saturated rings. The van der Waals surface area contributed by atoms with Gasteiger partial charge in [-0.15, -0.1) is 0 Å². The molecule has 0 aromatic heterocycles. The summed E-state index contributed by atoms with van der Waals surface area (Å²) in [6.45, 7) is 5.78. The summed E-state index contributed by atoms with van der Waals surface area (Å²) >= 11 is 0. The average molecular weight is 295 g/mol. The molecule has 0 aromatic rings. The average Bonchev–Trinajstić information content (AvgIpc) is 2.34. The number of aliphatic carboxylic acids is 1. The Labute approximate surface area is 128 Å². The predicted molar refractivity (Wildman–Crippen MR) is 84.1 cm³/mol. The second kappa shape index (κ2) is 8.85. The zero-order chi connectivity index (χ0) is 15.8. The third-order valence-corrected chi connectivity index (χ3v) is 4.10. The van der Waals surface area contributed by atoms with Gasteiger partial charge < -0.3 is 10.0 Å². The smallest absolute Gasteiger partial charge is 0.308 e. The highest BCUT2D eigenvalue weighted by atomic mass is 16.4. The molecule has 0 spiro atoms. The van der Waals surface area contributed by atoms with Gasteiger partial charge in [0.2, 0.25) is 5.91 Å². The largest absolute Gasteiger partial charge is 0.481 e. The van der Waals surface area contributed by atoms with Crippen LogP contribution in [-0.4, -0.2) is 34.5 Å². The Bertz CT molecular complexity index is 377. The molecule has 0 bridgehead atoms. The number of carboxylic acid groups (broad SMARTS) is 1. The molecule has 4 heteroatoms. The van der Waals surface area contributed by atoms with Crippen molar-refractivity contribution in [3.8, 4) is 0 Å². The first-order valence-electron chi connectivity index (χ1n) is 8.10. The van der Waals surface area contributed by atoms with Gasteiger partial charge in [-0.1, -0.05) is 44.6 Å². The Morgan fingerprint density at radius 1 is 1.14 bits per heavy atom. The number of amides is 1. The summed E-state index contributed by atoms with van der Waals surface area (Å²) in [5.74, 6) is -1.39. The molecule has 1 atom stereocenters. The van der Waals surface area contributed by atoms with Crippen molar-refractivity contribution in [2.75, 3.05) is 6.54 Å². The molecule has 1 amide bonds. The lowest BCUT2D eigenvalue weighted by molar-refractivity contribution is -0.143. The Morgan fingerprint density at radius 2 is 1.67 bits per heavy atom. The van der Waals surface area contributed by atoms with E-state index >= 15 is 0 Å². The number of hydrogen-bond donors (Lipinski definition) is 1. The van der Waals surface area contributed by atoms with Gasteiger partial charge in [0.15, 0.2) is 0 Å². The highest BCUT2D eigenvalue weighted by Gasteiger charge is 2.26. The van der Waals surface area contributed by atoms with Crippen LogP contribution in [0.2, 0.25) is 0 Å². The quantitative estimate of drug-likeness (QED) is 0.788. The number of rotatable bonds is 5. The molecule has 0 saturated heterocycles. The zero-order valence-corrected chi connectivity index (χ0v) is 13.6. The van der Waals surface area contributed by atoms with Crippen LogP contribution in [0, 0.1) is 5.92 Å². The van der Waals surface area contributed by atoms with Crippen molar-refractivity contribution in [3.05, 3.63) is 11.6 Å². The number of carboxylic acids is 1. The molecular weight excluding hydrogens is 266 g/mol. The maximum Gasteiger partial charge on any atom is 0.308 e. The van der Waals surface area contributed by atoms with Crippen LogP contribution in [0.3, 0.4) is 0 Å². The number of carbonyl (C=O) groups excluding carboxylic acids is 1. The van der Waals surface area contributed by atoms with Crippen molar-refractivity contribution in [1.82, 2.24) is 4.90 Å². The fraction of sp³-hybridized carbons (Fsp3) is 0.765. The molecule has 4 nitrogen and oxygen atoms in total. The molecule has 0 heterocycles. The van der Waals surface area contributed by atoms with E-state index in [4.69, 9.17) is 5.11 Å². The molecule has 1 aliphatic rings. The molecule has 1 N–H and O–H groups in total. The van der Waals surface area contributed by atoms with Crippen LogP contribution in [0.5, 0.6) is 0 Å². The van der Waals surface area contributed by atoms with E-state index in [1.807, 2.05) is 13.8 Å². The normalized spacial score (nSPS) is 18.2. The van der Waals surface area contributed by atoms with E-state index < -0.39 is 11.9 Å². The van der Waals surface area contributed by atoms with Gasteiger partial charge in [0, 0.05) is 18.7 Å². The first-order chi connectivity index (χ1) is 9.91. The van der Waals surface area contributed by atoms with Gasteiger partial charge in [-0.2, -0.15) is 0 Å². The predicted octanol–water partition coefficient (Wildman–Crippen LogP) is 3.61. The lowest BCUT2D eigenvalue weighted by atomic mass is 9.94. The summed E-state index contributed by atoms with van der Waals surface area (Å²) < 4.78 is 0. The van der Waals surface area contributed by atoms with Crippen molar-refractivity contribution >= 4 is 11.9 Å². The maximum atomic E-state index is 12.5. The number of hydrogen-bond acceptors (Lipinski definition) is 2. The molecule has 0 aromatic carbocycles.